The lowest BCUT2D eigenvalue weighted by Gasteiger charge is -2.13. The maximum absolute atomic E-state index is 13.6. The van der Waals surface area contributed by atoms with Gasteiger partial charge in [-0.05, 0) is 43.7 Å². The van der Waals surface area contributed by atoms with Crippen LogP contribution in [-0.4, -0.2) is 46.9 Å². The number of anilines is 1. The molecule has 9 nitrogen and oxygen atoms in total. The average molecular weight is 560 g/mol. The number of aromatic nitrogens is 4. The van der Waals surface area contributed by atoms with Crippen molar-refractivity contribution in [3.8, 4) is 22.7 Å². The number of rotatable bonds is 9. The number of benzene rings is 2. The van der Waals surface area contributed by atoms with Crippen LogP contribution in [0.1, 0.15) is 24.2 Å². The van der Waals surface area contributed by atoms with Gasteiger partial charge in [-0.1, -0.05) is 30.3 Å². The highest BCUT2D eigenvalue weighted by atomic mass is 32.2. The van der Waals surface area contributed by atoms with Gasteiger partial charge in [0, 0.05) is 18.1 Å². The van der Waals surface area contributed by atoms with Crippen LogP contribution < -0.4 is 10.1 Å². The van der Waals surface area contributed by atoms with Gasteiger partial charge in [0.05, 0.1) is 29.9 Å². The molecule has 0 bridgehead atoms. The van der Waals surface area contributed by atoms with Gasteiger partial charge in [0.25, 0.3) is 0 Å². The Morgan fingerprint density at radius 2 is 1.72 bits per heavy atom. The molecule has 0 radical (unpaired) electrons. The molecule has 0 atom stereocenters. The maximum atomic E-state index is 13.6. The van der Waals surface area contributed by atoms with Gasteiger partial charge >= 0.3 is 6.18 Å². The summed E-state index contributed by atoms with van der Waals surface area (Å²) < 4.78 is 73.4. The van der Waals surface area contributed by atoms with Gasteiger partial charge in [-0.3, -0.25) is 4.79 Å². The largest absolute Gasteiger partial charge is 0.496 e. The van der Waals surface area contributed by atoms with Crippen molar-refractivity contribution in [1.29, 1.82) is 0 Å². The molecule has 0 fully saturated rings. The third-order valence-corrected chi connectivity index (χ3v) is 7.14. The molecular weight excluding hydrogens is 535 g/mol. The van der Waals surface area contributed by atoms with E-state index in [4.69, 9.17) is 4.74 Å². The first-order chi connectivity index (χ1) is 18.5. The number of nitrogens with one attached hydrogen (secondary N) is 1. The van der Waals surface area contributed by atoms with E-state index in [0.717, 1.165) is 5.69 Å². The quantitative estimate of drug-likeness (QED) is 0.291. The predicted molar refractivity (Wildman–Crippen MR) is 137 cm³/mol. The first kappa shape index (κ1) is 27.8. The Balaban J connectivity index is 1.51. The monoisotopic (exact) mass is 559 g/mol. The molecule has 2 aromatic heterocycles. The normalized spacial score (nSPS) is 11.8. The van der Waals surface area contributed by atoms with Gasteiger partial charge in [-0.25, -0.2) is 23.1 Å². The summed E-state index contributed by atoms with van der Waals surface area (Å²) in [4.78, 5) is 19.8. The Kier molecular flexibility index (Phi) is 8.00. The van der Waals surface area contributed by atoms with Crippen molar-refractivity contribution >= 4 is 21.6 Å². The van der Waals surface area contributed by atoms with Crippen molar-refractivity contribution < 1.29 is 31.1 Å². The molecule has 1 amide bonds. The topological polar surface area (TPSA) is 116 Å². The predicted octanol–water partition coefficient (Wildman–Crippen LogP) is 4.86. The summed E-state index contributed by atoms with van der Waals surface area (Å²) >= 11 is 0. The molecule has 0 aliphatic carbocycles. The Hall–Kier alpha value is -4.26. The minimum absolute atomic E-state index is 0.170. The van der Waals surface area contributed by atoms with Crippen LogP contribution in [0.5, 0.6) is 5.75 Å². The third-order valence-electron chi connectivity index (χ3n) is 5.57. The molecule has 0 saturated heterocycles. The lowest BCUT2D eigenvalue weighted by Crippen LogP contribution is -2.19. The summed E-state index contributed by atoms with van der Waals surface area (Å²) in [6.07, 6.45) is -5.30. The lowest BCUT2D eigenvalue weighted by molar-refractivity contribution is -0.141. The van der Waals surface area contributed by atoms with Crippen molar-refractivity contribution in [3.05, 3.63) is 78.1 Å². The first-order valence-electron chi connectivity index (χ1n) is 11.7. The van der Waals surface area contributed by atoms with E-state index in [-0.39, 0.29) is 29.8 Å². The molecule has 0 unspecified atom stereocenters. The minimum Gasteiger partial charge on any atom is -0.496 e. The fourth-order valence-corrected chi connectivity index (χ4v) is 4.96. The zero-order chi connectivity index (χ0) is 28.2. The standard InChI is InChI=1S/C26H24F3N5O4S/c1-17-15-23(34(33-17)18-9-4-3-5-10-18)32-24(35)13-8-14-39(36,37)25-30-20(16-22(31-25)26(27,28)29)19-11-6-7-12-21(19)38-2/h3-7,9-12,15-16H,8,13-14H2,1-2H3,(H,32,35). The summed E-state index contributed by atoms with van der Waals surface area (Å²) in [6.45, 7) is 1.76. The van der Waals surface area contributed by atoms with E-state index in [1.165, 1.54) is 19.2 Å². The highest BCUT2D eigenvalue weighted by Gasteiger charge is 2.35. The summed E-state index contributed by atoms with van der Waals surface area (Å²) in [7, 11) is -3.03. The zero-order valence-corrected chi connectivity index (χ0v) is 21.8. The highest BCUT2D eigenvalue weighted by molar-refractivity contribution is 7.91. The first-order valence-corrected chi connectivity index (χ1v) is 13.4. The molecule has 4 aromatic rings. The van der Waals surface area contributed by atoms with E-state index in [2.05, 4.69) is 20.4 Å². The molecule has 0 saturated carbocycles. The van der Waals surface area contributed by atoms with Crippen LogP contribution in [0.3, 0.4) is 0 Å². The molecule has 0 aliphatic rings. The number of alkyl halides is 3. The second-order valence-electron chi connectivity index (χ2n) is 8.51. The fraction of sp³-hybridized carbons (Fsp3) is 0.231. The number of aryl methyl sites for hydroxylation is 1. The van der Waals surface area contributed by atoms with Gasteiger partial charge in [-0.2, -0.15) is 18.3 Å². The second-order valence-corrected chi connectivity index (χ2v) is 10.5. The van der Waals surface area contributed by atoms with Gasteiger partial charge < -0.3 is 10.1 Å². The van der Waals surface area contributed by atoms with Crippen molar-refractivity contribution in [1.82, 2.24) is 19.7 Å². The van der Waals surface area contributed by atoms with Crippen LogP contribution in [0.15, 0.2) is 71.9 Å². The Morgan fingerprint density at radius 1 is 1.03 bits per heavy atom. The van der Waals surface area contributed by atoms with E-state index in [9.17, 15) is 26.4 Å². The average Bonchev–Trinajstić information content (AvgIpc) is 3.27. The number of hydrogen-bond acceptors (Lipinski definition) is 7. The van der Waals surface area contributed by atoms with Crippen LogP contribution in [0.2, 0.25) is 0 Å². The second kappa shape index (κ2) is 11.2. The molecule has 0 aliphatic heterocycles. The third kappa shape index (κ3) is 6.60. The van der Waals surface area contributed by atoms with E-state index in [1.54, 1.807) is 29.8 Å². The number of amides is 1. The van der Waals surface area contributed by atoms with Gasteiger partial charge in [0.1, 0.15) is 17.3 Å². The molecule has 39 heavy (non-hydrogen) atoms. The Labute approximate surface area is 222 Å². The van der Waals surface area contributed by atoms with Gasteiger partial charge in [0.15, 0.2) is 0 Å². The van der Waals surface area contributed by atoms with Crippen molar-refractivity contribution in [2.75, 3.05) is 18.2 Å². The number of ether oxygens (including phenoxy) is 1. The van der Waals surface area contributed by atoms with Crippen molar-refractivity contribution in [2.45, 2.75) is 31.1 Å². The highest BCUT2D eigenvalue weighted by Crippen LogP contribution is 2.34. The van der Waals surface area contributed by atoms with Crippen LogP contribution in [0.25, 0.3) is 16.9 Å². The molecule has 2 aromatic carbocycles. The number of halogens is 3. The summed E-state index contributed by atoms with van der Waals surface area (Å²) in [5.74, 6) is -0.505. The number of sulfone groups is 1. The molecule has 1 N–H and O–H groups in total. The summed E-state index contributed by atoms with van der Waals surface area (Å²) in [6, 6.07) is 17.6. The van der Waals surface area contributed by atoms with E-state index in [0.29, 0.717) is 17.6 Å². The number of nitrogens with zero attached hydrogens (tertiary/aromatic N) is 4. The van der Waals surface area contributed by atoms with Crippen molar-refractivity contribution in [2.24, 2.45) is 0 Å². The van der Waals surface area contributed by atoms with Gasteiger partial charge in [0.2, 0.25) is 20.9 Å². The molecular formula is C26H24F3N5O4S. The lowest BCUT2D eigenvalue weighted by atomic mass is 10.1. The van der Waals surface area contributed by atoms with Crippen LogP contribution in [-0.2, 0) is 20.8 Å². The van der Waals surface area contributed by atoms with Crippen molar-refractivity contribution in [3.63, 3.8) is 0 Å². The number of carbonyl (C=O) groups is 1. The van der Waals surface area contributed by atoms with E-state index >= 15 is 0 Å². The maximum Gasteiger partial charge on any atom is 0.433 e. The van der Waals surface area contributed by atoms with Crippen LogP contribution in [0.4, 0.5) is 19.0 Å². The number of methoxy groups -OCH3 is 1. The number of para-hydroxylation sites is 2. The van der Waals surface area contributed by atoms with Gasteiger partial charge in [-0.15, -0.1) is 0 Å². The Bertz CT molecular complexity index is 1590. The SMILES string of the molecule is COc1ccccc1-c1cc(C(F)(F)F)nc(S(=O)(=O)CCCC(=O)Nc2cc(C)nn2-c2ccccc2)n1. The Morgan fingerprint density at radius 3 is 2.41 bits per heavy atom. The smallest absolute Gasteiger partial charge is 0.433 e. The molecule has 204 valence electrons. The molecule has 0 spiro atoms. The van der Waals surface area contributed by atoms with Crippen LogP contribution in [0, 0.1) is 6.92 Å². The summed E-state index contributed by atoms with van der Waals surface area (Å²) in [5.41, 5.74) is -0.107. The summed E-state index contributed by atoms with van der Waals surface area (Å²) in [5, 5.41) is 6.08. The molecule has 13 heteroatoms. The van der Waals surface area contributed by atoms with Crippen LogP contribution >= 0.6 is 0 Å². The van der Waals surface area contributed by atoms with E-state index in [1.807, 2.05) is 30.3 Å². The van der Waals surface area contributed by atoms with E-state index < -0.39 is 38.5 Å². The fourth-order valence-electron chi connectivity index (χ4n) is 3.78. The number of carbonyl (C=O) groups excluding carboxylic acids is 1. The number of hydrogen-bond donors (Lipinski definition) is 1. The zero-order valence-electron chi connectivity index (χ0n) is 20.9. The molecule has 4 rings (SSSR count). The molecule has 2 heterocycles. The minimum atomic E-state index is -4.91.